The summed E-state index contributed by atoms with van der Waals surface area (Å²) in [5.74, 6) is 0.0864. The number of nitrogens with zero attached hydrogens (tertiary/aromatic N) is 3. The van der Waals surface area contributed by atoms with Crippen molar-refractivity contribution >= 4 is 5.91 Å². The van der Waals surface area contributed by atoms with Crippen molar-refractivity contribution in [3.8, 4) is 0 Å². The first-order valence-corrected chi connectivity index (χ1v) is 10.7. The van der Waals surface area contributed by atoms with E-state index in [1.807, 2.05) is 37.4 Å². The summed E-state index contributed by atoms with van der Waals surface area (Å²) in [7, 11) is 2.00. The first kappa shape index (κ1) is 21.5. The maximum Gasteiger partial charge on any atom is 0.241 e. The van der Waals surface area contributed by atoms with Crippen LogP contribution in [0.4, 0.5) is 0 Å². The van der Waals surface area contributed by atoms with Gasteiger partial charge in [-0.25, -0.2) is 0 Å². The third-order valence-electron chi connectivity index (χ3n) is 5.74. The highest BCUT2D eigenvalue weighted by Gasteiger charge is 2.24. The quantitative estimate of drug-likeness (QED) is 0.710. The van der Waals surface area contributed by atoms with Crippen LogP contribution in [-0.2, 0) is 11.3 Å². The smallest absolute Gasteiger partial charge is 0.241 e. The van der Waals surface area contributed by atoms with Crippen LogP contribution in [0.15, 0.2) is 60.7 Å². The monoisotopic (exact) mass is 394 g/mol. The molecule has 1 heterocycles. The van der Waals surface area contributed by atoms with E-state index in [2.05, 4.69) is 57.3 Å². The number of hydrogen-bond donors (Lipinski definition) is 1. The molecule has 3 rings (SSSR count). The molecular formula is C24H34N4O. The maximum absolute atomic E-state index is 12.9. The van der Waals surface area contributed by atoms with E-state index in [9.17, 15) is 4.79 Å². The molecule has 1 fully saturated rings. The molecule has 1 saturated heterocycles. The van der Waals surface area contributed by atoms with Crippen LogP contribution >= 0.6 is 0 Å². The van der Waals surface area contributed by atoms with Gasteiger partial charge in [0.25, 0.3) is 0 Å². The SMILES string of the molecule is CCN(C)C(C(=O)NCCN1CCN(Cc2ccccc2)CC1)c1ccccc1. The number of piperazine rings is 1. The van der Waals surface area contributed by atoms with E-state index < -0.39 is 0 Å². The van der Waals surface area contributed by atoms with Gasteiger partial charge >= 0.3 is 0 Å². The first-order chi connectivity index (χ1) is 14.2. The molecule has 1 aliphatic rings. The normalized spacial score (nSPS) is 16.7. The third-order valence-corrected chi connectivity index (χ3v) is 5.74. The van der Waals surface area contributed by atoms with E-state index in [4.69, 9.17) is 0 Å². The standard InChI is InChI=1S/C24H34N4O/c1-3-26(2)23(22-12-8-5-9-13-22)24(29)25-14-15-27-16-18-28(19-17-27)20-21-10-6-4-7-11-21/h4-13,23H,3,14-20H2,1-2H3,(H,25,29). The molecular weight excluding hydrogens is 360 g/mol. The molecule has 0 spiro atoms. The molecule has 1 amide bonds. The average Bonchev–Trinajstić information content (AvgIpc) is 2.76. The van der Waals surface area contributed by atoms with Crippen molar-refractivity contribution in [1.82, 2.24) is 20.0 Å². The van der Waals surface area contributed by atoms with E-state index in [-0.39, 0.29) is 11.9 Å². The van der Waals surface area contributed by atoms with Gasteiger partial charge in [-0.1, -0.05) is 67.6 Å². The zero-order chi connectivity index (χ0) is 20.5. The van der Waals surface area contributed by atoms with Gasteiger partial charge in [-0.3, -0.25) is 19.5 Å². The van der Waals surface area contributed by atoms with E-state index in [1.165, 1.54) is 5.56 Å². The van der Waals surface area contributed by atoms with Gasteiger partial charge in [0, 0.05) is 45.8 Å². The molecule has 5 nitrogen and oxygen atoms in total. The van der Waals surface area contributed by atoms with Gasteiger partial charge in [0.15, 0.2) is 0 Å². The Labute approximate surface area is 175 Å². The largest absolute Gasteiger partial charge is 0.353 e. The zero-order valence-corrected chi connectivity index (χ0v) is 17.8. The molecule has 29 heavy (non-hydrogen) atoms. The van der Waals surface area contributed by atoms with Crippen LogP contribution in [0.3, 0.4) is 0 Å². The van der Waals surface area contributed by atoms with E-state index in [1.54, 1.807) is 0 Å². The Morgan fingerprint density at radius 2 is 1.55 bits per heavy atom. The summed E-state index contributed by atoms with van der Waals surface area (Å²) in [5, 5.41) is 3.16. The Balaban J connectivity index is 1.42. The molecule has 5 heteroatoms. The Morgan fingerprint density at radius 1 is 0.966 bits per heavy atom. The number of nitrogens with one attached hydrogen (secondary N) is 1. The number of likely N-dealkylation sites (N-methyl/N-ethyl adjacent to an activating group) is 1. The van der Waals surface area contributed by atoms with E-state index in [0.717, 1.165) is 51.4 Å². The molecule has 0 bridgehead atoms. The van der Waals surface area contributed by atoms with Gasteiger partial charge in [-0.15, -0.1) is 0 Å². The highest BCUT2D eigenvalue weighted by atomic mass is 16.2. The van der Waals surface area contributed by atoms with Crippen LogP contribution < -0.4 is 5.32 Å². The second-order valence-corrected chi connectivity index (χ2v) is 7.78. The van der Waals surface area contributed by atoms with Crippen molar-refractivity contribution < 1.29 is 4.79 Å². The van der Waals surface area contributed by atoms with E-state index >= 15 is 0 Å². The highest BCUT2D eigenvalue weighted by molar-refractivity contribution is 5.83. The minimum Gasteiger partial charge on any atom is -0.353 e. The van der Waals surface area contributed by atoms with Gasteiger partial charge in [0.05, 0.1) is 0 Å². The summed E-state index contributed by atoms with van der Waals surface area (Å²) in [4.78, 5) is 19.9. The molecule has 2 aromatic carbocycles. The Morgan fingerprint density at radius 3 is 2.17 bits per heavy atom. The molecule has 0 aliphatic carbocycles. The first-order valence-electron chi connectivity index (χ1n) is 10.7. The predicted octanol–water partition coefficient (Wildman–Crippen LogP) is 2.61. The van der Waals surface area contributed by atoms with Crippen molar-refractivity contribution in [2.45, 2.75) is 19.5 Å². The van der Waals surface area contributed by atoms with Crippen molar-refractivity contribution in [3.63, 3.8) is 0 Å². The topological polar surface area (TPSA) is 38.8 Å². The van der Waals surface area contributed by atoms with Crippen LogP contribution in [0.25, 0.3) is 0 Å². The Kier molecular flexibility index (Phi) is 8.23. The highest BCUT2D eigenvalue weighted by Crippen LogP contribution is 2.19. The fraction of sp³-hybridized carbons (Fsp3) is 0.458. The molecule has 1 atom stereocenters. The lowest BCUT2D eigenvalue weighted by atomic mass is 10.0. The van der Waals surface area contributed by atoms with Gasteiger partial charge in [0.2, 0.25) is 5.91 Å². The summed E-state index contributed by atoms with van der Waals surface area (Å²) < 4.78 is 0. The van der Waals surface area contributed by atoms with E-state index in [0.29, 0.717) is 6.54 Å². The van der Waals surface area contributed by atoms with Crippen molar-refractivity contribution in [1.29, 1.82) is 0 Å². The van der Waals surface area contributed by atoms with Crippen LogP contribution in [0.1, 0.15) is 24.1 Å². The number of amides is 1. The van der Waals surface area contributed by atoms with Gasteiger partial charge in [-0.2, -0.15) is 0 Å². The minimum atomic E-state index is -0.232. The number of benzene rings is 2. The van der Waals surface area contributed by atoms with Gasteiger partial charge in [-0.05, 0) is 24.7 Å². The fourth-order valence-corrected chi connectivity index (χ4v) is 3.87. The summed E-state index contributed by atoms with van der Waals surface area (Å²) in [6.45, 7) is 9.80. The molecule has 0 saturated carbocycles. The Bertz CT molecular complexity index is 729. The maximum atomic E-state index is 12.9. The second kappa shape index (κ2) is 11.1. The minimum absolute atomic E-state index is 0.0864. The van der Waals surface area contributed by atoms with Crippen molar-refractivity contribution in [2.75, 3.05) is 52.9 Å². The Hall–Kier alpha value is -2.21. The molecule has 0 aromatic heterocycles. The average molecular weight is 395 g/mol. The van der Waals surface area contributed by atoms with Gasteiger partial charge < -0.3 is 5.32 Å². The number of rotatable bonds is 9. The predicted molar refractivity (Wildman–Crippen MR) is 119 cm³/mol. The molecule has 1 aliphatic heterocycles. The summed E-state index contributed by atoms with van der Waals surface area (Å²) in [6.07, 6.45) is 0. The van der Waals surface area contributed by atoms with Crippen LogP contribution in [0.5, 0.6) is 0 Å². The zero-order valence-electron chi connectivity index (χ0n) is 17.8. The molecule has 1 unspecified atom stereocenters. The lowest BCUT2D eigenvalue weighted by Crippen LogP contribution is -2.48. The van der Waals surface area contributed by atoms with Crippen molar-refractivity contribution in [2.24, 2.45) is 0 Å². The summed E-state index contributed by atoms with van der Waals surface area (Å²) in [6, 6.07) is 20.5. The molecule has 156 valence electrons. The molecule has 1 N–H and O–H groups in total. The number of carbonyl (C=O) groups is 1. The summed E-state index contributed by atoms with van der Waals surface area (Å²) in [5.41, 5.74) is 2.42. The molecule has 2 aromatic rings. The number of carbonyl (C=O) groups excluding carboxylic acids is 1. The van der Waals surface area contributed by atoms with Gasteiger partial charge in [0.1, 0.15) is 6.04 Å². The van der Waals surface area contributed by atoms with Crippen LogP contribution in [0, 0.1) is 0 Å². The summed E-state index contributed by atoms with van der Waals surface area (Å²) >= 11 is 0. The second-order valence-electron chi connectivity index (χ2n) is 7.78. The fourth-order valence-electron chi connectivity index (χ4n) is 3.87. The number of hydrogen-bond acceptors (Lipinski definition) is 4. The lowest BCUT2D eigenvalue weighted by Gasteiger charge is -2.35. The van der Waals surface area contributed by atoms with Crippen molar-refractivity contribution in [3.05, 3.63) is 71.8 Å². The molecule has 0 radical (unpaired) electrons. The third kappa shape index (κ3) is 6.39. The van der Waals surface area contributed by atoms with Crippen LogP contribution in [0.2, 0.25) is 0 Å². The van der Waals surface area contributed by atoms with Crippen LogP contribution in [-0.4, -0.2) is 73.5 Å². The lowest BCUT2D eigenvalue weighted by molar-refractivity contribution is -0.126.